The van der Waals surface area contributed by atoms with Gasteiger partial charge in [-0.1, -0.05) is 46.3 Å². The number of nitrogens with zero attached hydrogens (tertiary/aromatic N) is 1. The van der Waals surface area contributed by atoms with E-state index in [1.807, 2.05) is 66.7 Å². The lowest BCUT2D eigenvalue weighted by Crippen LogP contribution is -2.34. The van der Waals surface area contributed by atoms with Gasteiger partial charge in [-0.25, -0.2) is 0 Å². The van der Waals surface area contributed by atoms with Gasteiger partial charge in [0, 0.05) is 11.0 Å². The highest BCUT2D eigenvalue weighted by molar-refractivity contribution is 9.10. The van der Waals surface area contributed by atoms with Crippen LogP contribution in [0.3, 0.4) is 0 Å². The fourth-order valence-electron chi connectivity index (χ4n) is 2.39. The average Bonchev–Trinajstić information content (AvgIpc) is 3.14. The van der Waals surface area contributed by atoms with Gasteiger partial charge in [0.15, 0.2) is 6.61 Å². The first-order valence-corrected chi connectivity index (χ1v) is 8.72. The SMILES string of the molecule is O=C(COc1ccc(Br)cc1)N(Cc1ccccc1)Cc1ccco1. The number of carbonyl (C=O) groups is 1. The van der Waals surface area contributed by atoms with Crippen molar-refractivity contribution in [2.24, 2.45) is 0 Å². The van der Waals surface area contributed by atoms with E-state index in [2.05, 4.69) is 15.9 Å². The van der Waals surface area contributed by atoms with Crippen LogP contribution in [0, 0.1) is 0 Å². The van der Waals surface area contributed by atoms with E-state index in [1.54, 1.807) is 11.2 Å². The third-order valence-electron chi connectivity index (χ3n) is 3.67. The summed E-state index contributed by atoms with van der Waals surface area (Å²) >= 11 is 3.38. The van der Waals surface area contributed by atoms with Crippen LogP contribution in [0.4, 0.5) is 0 Å². The number of hydrogen-bond donors (Lipinski definition) is 0. The summed E-state index contributed by atoms with van der Waals surface area (Å²) in [4.78, 5) is 14.4. The third-order valence-corrected chi connectivity index (χ3v) is 4.20. The Labute approximate surface area is 155 Å². The molecular weight excluding hydrogens is 382 g/mol. The van der Waals surface area contributed by atoms with Gasteiger partial charge in [-0.05, 0) is 42.0 Å². The van der Waals surface area contributed by atoms with Crippen LogP contribution in [0.15, 0.2) is 81.9 Å². The van der Waals surface area contributed by atoms with Crippen molar-refractivity contribution in [2.45, 2.75) is 13.1 Å². The molecule has 1 aromatic heterocycles. The number of amides is 1. The maximum Gasteiger partial charge on any atom is 0.261 e. The molecular formula is C20H18BrNO3. The topological polar surface area (TPSA) is 42.7 Å². The zero-order valence-corrected chi connectivity index (χ0v) is 15.2. The summed E-state index contributed by atoms with van der Waals surface area (Å²) in [6.45, 7) is 0.893. The largest absolute Gasteiger partial charge is 0.484 e. The van der Waals surface area contributed by atoms with Crippen LogP contribution >= 0.6 is 15.9 Å². The summed E-state index contributed by atoms with van der Waals surface area (Å²) in [6.07, 6.45) is 1.61. The molecule has 1 heterocycles. The first-order valence-electron chi connectivity index (χ1n) is 7.93. The summed E-state index contributed by atoms with van der Waals surface area (Å²) in [7, 11) is 0. The molecule has 3 rings (SSSR count). The van der Waals surface area contributed by atoms with Gasteiger partial charge in [-0.15, -0.1) is 0 Å². The van der Waals surface area contributed by atoms with Gasteiger partial charge in [-0.3, -0.25) is 4.79 Å². The predicted octanol–water partition coefficient (Wildman–Crippen LogP) is 4.65. The van der Waals surface area contributed by atoms with Crippen LogP contribution in [-0.2, 0) is 17.9 Å². The standard InChI is InChI=1S/C20H18BrNO3/c21-17-8-10-18(11-9-17)25-15-20(23)22(14-19-7-4-12-24-19)13-16-5-2-1-3-6-16/h1-12H,13-15H2. The fraction of sp³-hybridized carbons (Fsp3) is 0.150. The van der Waals surface area contributed by atoms with Gasteiger partial charge in [0.1, 0.15) is 11.5 Å². The molecule has 0 bridgehead atoms. The summed E-state index contributed by atoms with van der Waals surface area (Å²) in [6, 6.07) is 21.0. The number of furan rings is 1. The quantitative estimate of drug-likeness (QED) is 0.580. The zero-order valence-electron chi connectivity index (χ0n) is 13.6. The third kappa shape index (κ3) is 5.22. The first kappa shape index (κ1) is 17.3. The van der Waals surface area contributed by atoms with Crippen molar-refractivity contribution in [3.8, 4) is 5.75 Å². The Morgan fingerprint density at radius 1 is 0.960 bits per heavy atom. The maximum atomic E-state index is 12.7. The van der Waals surface area contributed by atoms with E-state index in [-0.39, 0.29) is 12.5 Å². The van der Waals surface area contributed by atoms with Crippen LogP contribution in [0.25, 0.3) is 0 Å². The first-order chi connectivity index (χ1) is 12.2. The second-order valence-corrected chi connectivity index (χ2v) is 6.47. The van der Waals surface area contributed by atoms with Gasteiger partial charge < -0.3 is 14.1 Å². The minimum absolute atomic E-state index is 0.0187. The van der Waals surface area contributed by atoms with E-state index in [0.29, 0.717) is 18.8 Å². The lowest BCUT2D eigenvalue weighted by atomic mass is 10.2. The molecule has 0 aliphatic heterocycles. The molecule has 0 radical (unpaired) electrons. The highest BCUT2D eigenvalue weighted by Crippen LogP contribution is 2.17. The van der Waals surface area contributed by atoms with Gasteiger partial charge in [0.25, 0.3) is 5.91 Å². The van der Waals surface area contributed by atoms with Gasteiger partial charge in [-0.2, -0.15) is 0 Å². The monoisotopic (exact) mass is 399 g/mol. The molecule has 4 nitrogen and oxygen atoms in total. The van der Waals surface area contributed by atoms with E-state index in [1.165, 1.54) is 0 Å². The molecule has 128 valence electrons. The van der Waals surface area contributed by atoms with E-state index in [4.69, 9.17) is 9.15 Å². The van der Waals surface area contributed by atoms with E-state index >= 15 is 0 Å². The lowest BCUT2D eigenvalue weighted by molar-refractivity contribution is -0.134. The highest BCUT2D eigenvalue weighted by Gasteiger charge is 2.16. The Morgan fingerprint density at radius 3 is 2.40 bits per heavy atom. The molecule has 5 heteroatoms. The van der Waals surface area contributed by atoms with Crippen LogP contribution in [-0.4, -0.2) is 17.4 Å². The number of carbonyl (C=O) groups excluding carboxylic acids is 1. The number of halogens is 1. The highest BCUT2D eigenvalue weighted by atomic mass is 79.9. The smallest absolute Gasteiger partial charge is 0.261 e. The molecule has 0 saturated carbocycles. The molecule has 2 aromatic carbocycles. The Balaban J connectivity index is 1.66. The van der Waals surface area contributed by atoms with Crippen molar-refractivity contribution in [2.75, 3.05) is 6.61 Å². The van der Waals surface area contributed by atoms with Gasteiger partial charge >= 0.3 is 0 Å². The number of rotatable bonds is 7. The Kier molecular flexibility index (Phi) is 5.90. The lowest BCUT2D eigenvalue weighted by Gasteiger charge is -2.22. The normalized spacial score (nSPS) is 10.4. The van der Waals surface area contributed by atoms with E-state index in [9.17, 15) is 4.79 Å². The summed E-state index contributed by atoms with van der Waals surface area (Å²) in [5.74, 6) is 1.31. The van der Waals surface area contributed by atoms with Crippen molar-refractivity contribution in [3.63, 3.8) is 0 Å². The summed E-state index contributed by atoms with van der Waals surface area (Å²) in [5, 5.41) is 0. The van der Waals surface area contributed by atoms with Crippen LogP contribution in [0.1, 0.15) is 11.3 Å². The van der Waals surface area contributed by atoms with Crippen molar-refractivity contribution in [3.05, 3.63) is 88.8 Å². The Morgan fingerprint density at radius 2 is 1.72 bits per heavy atom. The van der Waals surface area contributed by atoms with Crippen molar-refractivity contribution < 1.29 is 13.9 Å². The minimum atomic E-state index is -0.0943. The summed E-state index contributed by atoms with van der Waals surface area (Å²) < 4.78 is 12.0. The van der Waals surface area contributed by atoms with Crippen molar-refractivity contribution in [1.82, 2.24) is 4.90 Å². The Bertz CT molecular complexity index is 786. The molecule has 1 amide bonds. The average molecular weight is 400 g/mol. The molecule has 0 fully saturated rings. The predicted molar refractivity (Wildman–Crippen MR) is 99.0 cm³/mol. The number of ether oxygens (including phenoxy) is 1. The summed E-state index contributed by atoms with van der Waals surface area (Å²) in [5.41, 5.74) is 1.06. The van der Waals surface area contributed by atoms with Crippen LogP contribution < -0.4 is 4.74 Å². The minimum Gasteiger partial charge on any atom is -0.484 e. The Hall–Kier alpha value is -2.53. The number of benzene rings is 2. The van der Waals surface area contributed by atoms with Crippen LogP contribution in [0.5, 0.6) is 5.75 Å². The van der Waals surface area contributed by atoms with Gasteiger partial charge in [0.05, 0.1) is 12.8 Å². The zero-order chi connectivity index (χ0) is 17.5. The molecule has 0 spiro atoms. The molecule has 0 N–H and O–H groups in total. The molecule has 0 saturated heterocycles. The molecule has 0 aliphatic carbocycles. The van der Waals surface area contributed by atoms with Crippen molar-refractivity contribution >= 4 is 21.8 Å². The maximum absolute atomic E-state index is 12.7. The molecule has 0 atom stereocenters. The van der Waals surface area contributed by atoms with Crippen molar-refractivity contribution in [1.29, 1.82) is 0 Å². The fourth-order valence-corrected chi connectivity index (χ4v) is 2.66. The molecule has 0 aliphatic rings. The van der Waals surface area contributed by atoms with E-state index < -0.39 is 0 Å². The van der Waals surface area contributed by atoms with E-state index in [0.717, 1.165) is 15.8 Å². The van der Waals surface area contributed by atoms with Gasteiger partial charge in [0.2, 0.25) is 0 Å². The second-order valence-electron chi connectivity index (χ2n) is 5.56. The molecule has 3 aromatic rings. The molecule has 0 unspecified atom stereocenters. The molecule has 25 heavy (non-hydrogen) atoms. The number of hydrogen-bond acceptors (Lipinski definition) is 3. The van der Waals surface area contributed by atoms with Crippen LogP contribution in [0.2, 0.25) is 0 Å². The second kappa shape index (κ2) is 8.53.